The molecule has 0 bridgehead atoms. The minimum absolute atomic E-state index is 0.0180. The highest BCUT2D eigenvalue weighted by molar-refractivity contribution is 5.99. The third kappa shape index (κ3) is 21.1. The number of aliphatic hydroxyl groups excluding tert-OH is 1. The van der Waals surface area contributed by atoms with Gasteiger partial charge in [0.1, 0.15) is 42.3 Å². The molecule has 3 aliphatic heterocycles. The number of β-amino-alcohol motifs (C(OH)–C–C–N with tert-alkyl or cyclic N) is 1. The summed E-state index contributed by atoms with van der Waals surface area (Å²) < 4.78 is 0. The van der Waals surface area contributed by atoms with Gasteiger partial charge in [0.05, 0.1) is 18.4 Å². The Bertz CT molecular complexity index is 2360. The first-order valence-electron chi connectivity index (χ1n) is 31.6. The van der Waals surface area contributed by atoms with Crippen LogP contribution in [0, 0.1) is 23.7 Å². The van der Waals surface area contributed by atoms with E-state index in [0.29, 0.717) is 38.6 Å². The van der Waals surface area contributed by atoms with Crippen molar-refractivity contribution in [1.29, 1.82) is 0 Å². The molecule has 0 aromatic heterocycles. The Kier molecular flexibility index (Phi) is 27.9. The van der Waals surface area contributed by atoms with Gasteiger partial charge in [-0.3, -0.25) is 47.9 Å². The van der Waals surface area contributed by atoms with Crippen LogP contribution in [0.25, 0.3) is 0 Å². The first-order chi connectivity index (χ1) is 40.0. The largest absolute Gasteiger partial charge is 0.481 e. The van der Waals surface area contributed by atoms with Crippen molar-refractivity contribution in [3.8, 4) is 0 Å². The summed E-state index contributed by atoms with van der Waals surface area (Å²) in [5.41, 5.74) is 0.766. The molecular formula is C63H101N9O12. The summed E-state index contributed by atoms with van der Waals surface area (Å²) >= 11 is 0. The van der Waals surface area contributed by atoms with Crippen molar-refractivity contribution in [2.24, 2.45) is 23.7 Å². The fourth-order valence-corrected chi connectivity index (χ4v) is 12.4. The van der Waals surface area contributed by atoms with Gasteiger partial charge in [-0.2, -0.15) is 0 Å². The summed E-state index contributed by atoms with van der Waals surface area (Å²) in [7, 11) is 1.38. The van der Waals surface area contributed by atoms with Crippen LogP contribution in [0.4, 0.5) is 0 Å². The number of aliphatic carboxylic acids is 1. The molecule has 1 aromatic rings. The van der Waals surface area contributed by atoms with Crippen molar-refractivity contribution in [3.63, 3.8) is 0 Å². The maximum absolute atomic E-state index is 14.9. The molecule has 3 heterocycles. The minimum Gasteiger partial charge on any atom is -0.481 e. The zero-order valence-electron chi connectivity index (χ0n) is 51.5. The number of hydrogen-bond acceptors (Lipinski definition) is 11. The van der Waals surface area contributed by atoms with Gasteiger partial charge in [-0.25, -0.2) is 0 Å². The summed E-state index contributed by atoms with van der Waals surface area (Å²) in [6.45, 7) is 14.0. The zero-order valence-corrected chi connectivity index (χ0v) is 51.5. The van der Waals surface area contributed by atoms with Gasteiger partial charge in [0.15, 0.2) is 0 Å². The number of aliphatic hydroxyl groups is 1. The third-order valence-corrected chi connectivity index (χ3v) is 16.9. The number of carbonyl (C=O) groups excluding carboxylic acids is 9. The first kappa shape index (κ1) is 68.7. The van der Waals surface area contributed by atoms with E-state index in [2.05, 4.69) is 33.5 Å². The molecule has 0 spiro atoms. The van der Waals surface area contributed by atoms with E-state index in [4.69, 9.17) is 0 Å². The van der Waals surface area contributed by atoms with E-state index >= 15 is 0 Å². The molecule has 1 aliphatic carbocycles. The normalized spacial score (nSPS) is 21.2. The molecule has 84 heavy (non-hydrogen) atoms. The van der Waals surface area contributed by atoms with Crippen molar-refractivity contribution in [2.45, 2.75) is 244 Å². The zero-order chi connectivity index (χ0) is 61.6. The summed E-state index contributed by atoms with van der Waals surface area (Å²) in [4.78, 5) is 146. The van der Waals surface area contributed by atoms with E-state index in [1.807, 2.05) is 71.9 Å². The number of rotatable bonds is 30. The average molecular weight is 1180 g/mol. The number of carboxylic acid groups (broad SMARTS) is 1. The van der Waals surface area contributed by atoms with E-state index in [9.17, 15) is 58.2 Å². The van der Waals surface area contributed by atoms with Crippen LogP contribution in [0.15, 0.2) is 30.3 Å². The summed E-state index contributed by atoms with van der Waals surface area (Å²) in [6, 6.07) is 0.683. The van der Waals surface area contributed by atoms with Gasteiger partial charge in [-0.1, -0.05) is 130 Å². The van der Waals surface area contributed by atoms with Gasteiger partial charge < -0.3 is 56.4 Å². The number of nitrogens with one attached hydrogen (secondary N) is 5. The summed E-state index contributed by atoms with van der Waals surface area (Å²) in [5, 5.41) is 35.6. The molecule has 470 valence electrons. The van der Waals surface area contributed by atoms with Crippen molar-refractivity contribution in [2.75, 3.05) is 33.2 Å². The van der Waals surface area contributed by atoms with Crippen LogP contribution >= 0.6 is 0 Å². The summed E-state index contributed by atoms with van der Waals surface area (Å²) in [6.07, 6.45) is 11.7. The molecule has 0 unspecified atom stereocenters. The van der Waals surface area contributed by atoms with E-state index in [1.54, 1.807) is 4.90 Å². The van der Waals surface area contributed by atoms with Crippen LogP contribution in [0.5, 0.6) is 0 Å². The highest BCUT2D eigenvalue weighted by Crippen LogP contribution is 2.27. The Balaban J connectivity index is 1.31. The molecule has 9 amide bonds. The summed E-state index contributed by atoms with van der Waals surface area (Å²) in [5.74, 6) is -7.22. The second-order valence-corrected chi connectivity index (χ2v) is 25.5. The maximum Gasteiger partial charge on any atom is 0.305 e. The predicted octanol–water partition coefficient (Wildman–Crippen LogP) is 5.00. The maximum atomic E-state index is 14.9. The molecule has 21 heteroatoms. The smallest absolute Gasteiger partial charge is 0.305 e. The fourth-order valence-electron chi connectivity index (χ4n) is 12.4. The van der Waals surface area contributed by atoms with Crippen LogP contribution in [-0.2, 0) is 54.4 Å². The lowest BCUT2D eigenvalue weighted by Crippen LogP contribution is -2.60. The number of carboxylic acids is 1. The van der Waals surface area contributed by atoms with Crippen LogP contribution < -0.4 is 26.6 Å². The standard InChI is InChI=1S/C63H101N9O12/c1-9-10-11-12-20-29-54(74)70-30-21-25-44(38-70)56(77)65-48(35-43-23-16-15-17-24-43)58(79)66-47(32-40(2)3)57(78)67-49(33-41(4)5)62(83)72-39-46(73)36-53(72)63(84)69(8)52(34-42(6)7)60(81)68-50(37-55(75)76)61(82)71-31-22-28-51(71)59(80)64-45-26-18-13-14-19-27-45/h15-17,23-24,40-42,44-53,73H,9-14,18-22,25-39H2,1-8H3,(H,64,80)(H,65,77)(H,66,79)(H,67,78)(H,68,81)(H,75,76)/t44-,46+,47-,48-,49-,50-,51-,52-,53-/m0/s1. The number of hydrogen-bond donors (Lipinski definition) is 7. The lowest BCUT2D eigenvalue weighted by atomic mass is 9.95. The number of nitrogens with zero attached hydrogens (tertiary/aromatic N) is 4. The van der Waals surface area contributed by atoms with E-state index in [-0.39, 0.29) is 93.3 Å². The Morgan fingerprint density at radius 2 is 1.20 bits per heavy atom. The van der Waals surface area contributed by atoms with Crippen molar-refractivity contribution in [1.82, 2.24) is 46.2 Å². The minimum atomic E-state index is -1.57. The van der Waals surface area contributed by atoms with Crippen LogP contribution in [0.3, 0.4) is 0 Å². The van der Waals surface area contributed by atoms with Gasteiger partial charge in [0, 0.05) is 58.5 Å². The van der Waals surface area contributed by atoms with E-state index in [1.165, 1.54) is 16.8 Å². The van der Waals surface area contributed by atoms with Gasteiger partial charge in [-0.05, 0) is 87.5 Å². The fraction of sp³-hybridized carbons (Fsp3) is 0.746. The molecule has 9 atom stereocenters. The molecular weight excluding hydrogens is 1070 g/mol. The monoisotopic (exact) mass is 1180 g/mol. The van der Waals surface area contributed by atoms with Gasteiger partial charge in [0.25, 0.3) is 0 Å². The molecule has 4 fully saturated rings. The molecule has 4 aliphatic rings. The highest BCUT2D eigenvalue weighted by Gasteiger charge is 2.46. The molecule has 1 saturated carbocycles. The molecule has 5 rings (SSSR count). The Morgan fingerprint density at radius 1 is 0.607 bits per heavy atom. The SMILES string of the molecule is CCCCCCCC(=O)N1CCC[C@H](C(=O)N[C@@H](Cc2ccccc2)C(=O)N[C@@H](CC(C)C)C(=O)N[C@@H](CC(C)C)C(=O)N2C[C@H](O)C[C@H]2C(=O)N(C)[C@@H](CC(C)C)C(=O)N[C@@H](CC(=O)O)C(=O)N2CCC[C@H]2C(=O)NC2CCCCCC2)C1. The lowest BCUT2D eigenvalue weighted by molar-refractivity contribution is -0.150. The number of benzene rings is 1. The number of likely N-dealkylation sites (tertiary alicyclic amines) is 3. The number of likely N-dealkylation sites (N-methyl/N-ethyl adjacent to an activating group) is 1. The van der Waals surface area contributed by atoms with Crippen molar-refractivity contribution in [3.05, 3.63) is 35.9 Å². The average Bonchev–Trinajstić information content (AvgIpc) is 3.02. The molecule has 1 aromatic carbocycles. The van der Waals surface area contributed by atoms with Crippen LogP contribution in [-0.4, -0.2) is 177 Å². The highest BCUT2D eigenvalue weighted by atomic mass is 16.4. The van der Waals surface area contributed by atoms with Crippen LogP contribution in [0.2, 0.25) is 0 Å². The Labute approximate surface area is 498 Å². The Morgan fingerprint density at radius 3 is 1.85 bits per heavy atom. The Hall–Kier alpha value is -6.12. The molecule has 3 saturated heterocycles. The van der Waals surface area contributed by atoms with Gasteiger partial charge in [-0.15, -0.1) is 0 Å². The first-order valence-corrected chi connectivity index (χ1v) is 31.6. The number of unbranched alkanes of at least 4 members (excludes halogenated alkanes) is 4. The molecule has 0 radical (unpaired) electrons. The van der Waals surface area contributed by atoms with Crippen LogP contribution in [0.1, 0.15) is 189 Å². The van der Waals surface area contributed by atoms with Crippen molar-refractivity contribution < 1.29 is 58.2 Å². The second-order valence-electron chi connectivity index (χ2n) is 25.5. The van der Waals surface area contributed by atoms with Gasteiger partial charge in [0.2, 0.25) is 53.2 Å². The quantitative estimate of drug-likeness (QED) is 0.0396. The predicted molar refractivity (Wildman–Crippen MR) is 318 cm³/mol. The number of amides is 9. The topological polar surface area (TPSA) is 284 Å². The number of piperidine rings is 1. The molecule has 7 N–H and O–H groups in total. The second kappa shape index (κ2) is 34.1. The lowest BCUT2D eigenvalue weighted by Gasteiger charge is -2.36. The van der Waals surface area contributed by atoms with Gasteiger partial charge >= 0.3 is 5.97 Å². The number of carbonyl (C=O) groups is 10. The molecule has 21 nitrogen and oxygen atoms in total. The van der Waals surface area contributed by atoms with E-state index < -0.39 is 102 Å². The third-order valence-electron chi connectivity index (χ3n) is 16.9. The van der Waals surface area contributed by atoms with Crippen molar-refractivity contribution >= 4 is 59.1 Å². The van der Waals surface area contributed by atoms with E-state index in [0.717, 1.165) is 81.1 Å².